The van der Waals surface area contributed by atoms with E-state index < -0.39 is 69.7 Å². The van der Waals surface area contributed by atoms with Crippen molar-refractivity contribution in [1.82, 2.24) is 0 Å². The van der Waals surface area contributed by atoms with Crippen LogP contribution >= 0.6 is 0 Å². The van der Waals surface area contributed by atoms with Crippen LogP contribution in [-0.2, 0) is 10.1 Å². The molecule has 0 rings (SSSR count). The molecule has 3 nitrogen and oxygen atoms in total. The number of hydrogen-bond acceptors (Lipinski definition) is 3. The predicted molar refractivity (Wildman–Crippen MR) is 59.9 cm³/mol. The molecule has 0 fully saturated rings. The van der Waals surface area contributed by atoms with Crippen molar-refractivity contribution in [2.75, 3.05) is 0 Å². The Hall–Kier alpha value is 0.286. The van der Waals surface area contributed by atoms with Gasteiger partial charge in [-0.2, -0.15) is 79.0 Å². The first kappa shape index (κ1) is 35.4. The third-order valence-electron chi connectivity index (χ3n) is 3.60. The molecule has 33 heavy (non-hydrogen) atoms. The molecule has 0 heterocycles. The summed E-state index contributed by atoms with van der Waals surface area (Å²) in [7, 11) is -8.20. The Morgan fingerprint density at radius 1 is 0.455 bits per heavy atom. The fourth-order valence-electron chi connectivity index (χ4n) is 1.60. The standard InChI is InChI=1S/C10H4F18O3S.K/c1-2(11,12)3(13,14)4(15,16)5(17,18)6(19,20)7(21,22)8(23,24)9(25,26)10(27,28)32(29,30)31;/h1H3,(H,29,30,31);/q;+1/p-1. The summed E-state index contributed by atoms with van der Waals surface area (Å²) >= 11 is 0. The summed E-state index contributed by atoms with van der Waals surface area (Å²) in [5, 5.41) is -8.01. The SMILES string of the molecule is CC(F)(F)C(F)(F)C(F)(F)C(F)(F)C(F)(F)C(F)(F)C(F)(F)C(F)(F)C(F)(F)S(=O)(=O)[O-].[K+]. The molecular weight excluding hydrogens is 581 g/mol. The summed E-state index contributed by atoms with van der Waals surface area (Å²) < 4.78 is 264. The average Bonchev–Trinajstić information content (AvgIpc) is 2.51. The van der Waals surface area contributed by atoms with Crippen molar-refractivity contribution in [2.45, 2.75) is 59.6 Å². The minimum atomic E-state index is -9.02. The molecule has 0 saturated carbocycles. The largest absolute Gasteiger partial charge is 1.00 e. The Kier molecular flexibility index (Phi) is 9.34. The van der Waals surface area contributed by atoms with E-state index in [0.717, 1.165) is 0 Å². The molecule has 0 aromatic carbocycles. The summed E-state index contributed by atoms with van der Waals surface area (Å²) in [6.07, 6.45) is 0. The van der Waals surface area contributed by atoms with Crippen molar-refractivity contribution >= 4 is 10.1 Å². The van der Waals surface area contributed by atoms with Crippen LogP contribution in [0, 0.1) is 0 Å². The predicted octanol–water partition coefficient (Wildman–Crippen LogP) is 2.23. The molecule has 0 aliphatic heterocycles. The van der Waals surface area contributed by atoms with E-state index in [0.29, 0.717) is 0 Å². The maximum absolute atomic E-state index is 13.3. The van der Waals surface area contributed by atoms with Gasteiger partial charge in [-0.15, -0.1) is 0 Å². The zero-order valence-electron chi connectivity index (χ0n) is 14.9. The van der Waals surface area contributed by atoms with Crippen LogP contribution in [-0.4, -0.2) is 65.6 Å². The second kappa shape index (κ2) is 8.70. The summed E-state index contributed by atoms with van der Waals surface area (Å²) in [4.78, 5) is 0. The van der Waals surface area contributed by atoms with Crippen LogP contribution in [0.3, 0.4) is 0 Å². The monoisotopic (exact) mass is 584 g/mol. The first-order valence-electron chi connectivity index (χ1n) is 6.61. The Labute approximate surface area is 212 Å². The first-order chi connectivity index (χ1) is 13.2. The van der Waals surface area contributed by atoms with Gasteiger partial charge in [0.05, 0.1) is 0 Å². The Balaban J connectivity index is 0. The van der Waals surface area contributed by atoms with Crippen molar-refractivity contribution < 1.29 is 143 Å². The van der Waals surface area contributed by atoms with E-state index >= 15 is 0 Å². The Bertz CT molecular complexity index is 829. The molecule has 0 amide bonds. The second-order valence-electron chi connectivity index (χ2n) is 5.88. The molecule has 194 valence electrons. The maximum Gasteiger partial charge on any atom is 1.00 e. The zero-order chi connectivity index (χ0) is 27.0. The molecule has 0 spiro atoms. The van der Waals surface area contributed by atoms with Gasteiger partial charge in [-0.1, -0.05) is 0 Å². The van der Waals surface area contributed by atoms with Gasteiger partial charge < -0.3 is 4.55 Å². The van der Waals surface area contributed by atoms with E-state index in [9.17, 15) is 92.0 Å². The van der Waals surface area contributed by atoms with Crippen LogP contribution < -0.4 is 51.4 Å². The molecule has 0 aliphatic rings. The van der Waals surface area contributed by atoms with Gasteiger partial charge in [0, 0.05) is 6.92 Å². The number of rotatable bonds is 9. The number of alkyl halides is 18. The summed E-state index contributed by atoms with van der Waals surface area (Å²) in [6.45, 7) is -1.38. The van der Waals surface area contributed by atoms with E-state index in [1.165, 1.54) is 0 Å². The smallest absolute Gasteiger partial charge is 0.743 e. The molecule has 0 aromatic rings. The fourth-order valence-corrected chi connectivity index (χ4v) is 2.04. The van der Waals surface area contributed by atoms with Gasteiger partial charge in [-0.25, -0.2) is 8.42 Å². The van der Waals surface area contributed by atoms with Crippen LogP contribution in [0.2, 0.25) is 0 Å². The Morgan fingerprint density at radius 3 is 0.818 bits per heavy atom. The molecular formula is C10H3F18KO3S. The number of hydrogen-bond donors (Lipinski definition) is 0. The van der Waals surface area contributed by atoms with Crippen molar-refractivity contribution in [3.8, 4) is 0 Å². The molecule has 23 heteroatoms. The van der Waals surface area contributed by atoms with Crippen LogP contribution in [0.1, 0.15) is 6.92 Å². The van der Waals surface area contributed by atoms with Gasteiger partial charge in [0.1, 0.15) is 0 Å². The minimum Gasteiger partial charge on any atom is -0.743 e. The van der Waals surface area contributed by atoms with Crippen LogP contribution in [0.15, 0.2) is 0 Å². The minimum absolute atomic E-state index is 0. The van der Waals surface area contributed by atoms with E-state index in [4.69, 9.17) is 0 Å². The molecule has 0 radical (unpaired) electrons. The normalized spacial score (nSPS) is 16.5. The molecule has 0 unspecified atom stereocenters. The van der Waals surface area contributed by atoms with Crippen molar-refractivity contribution in [3.05, 3.63) is 0 Å². The second-order valence-corrected chi connectivity index (χ2v) is 7.30. The van der Waals surface area contributed by atoms with Gasteiger partial charge in [-0.3, -0.25) is 0 Å². The van der Waals surface area contributed by atoms with Crippen LogP contribution in [0.4, 0.5) is 79.0 Å². The molecule has 0 N–H and O–H groups in total. The van der Waals surface area contributed by atoms with E-state index in [1.54, 1.807) is 0 Å². The number of halogens is 18. The summed E-state index contributed by atoms with van der Waals surface area (Å²) in [5.74, 6) is -67.1. The molecule has 0 aromatic heterocycles. The van der Waals surface area contributed by atoms with Crippen LogP contribution in [0.25, 0.3) is 0 Å². The van der Waals surface area contributed by atoms with Gasteiger partial charge in [0.25, 0.3) is 0 Å². The zero-order valence-corrected chi connectivity index (χ0v) is 18.9. The van der Waals surface area contributed by atoms with Gasteiger partial charge in [-0.05, 0) is 0 Å². The third-order valence-corrected chi connectivity index (χ3v) is 4.48. The quantitative estimate of drug-likeness (QED) is 0.238. The van der Waals surface area contributed by atoms with E-state index in [-0.39, 0.29) is 51.4 Å². The summed E-state index contributed by atoms with van der Waals surface area (Å²) in [5.41, 5.74) is 0. The topological polar surface area (TPSA) is 57.2 Å². The molecule has 0 bridgehead atoms. The summed E-state index contributed by atoms with van der Waals surface area (Å²) in [6, 6.07) is 0. The van der Waals surface area contributed by atoms with Crippen LogP contribution in [0.5, 0.6) is 0 Å². The fraction of sp³-hybridized carbons (Fsp3) is 1.00. The van der Waals surface area contributed by atoms with Crippen molar-refractivity contribution in [3.63, 3.8) is 0 Å². The van der Waals surface area contributed by atoms with E-state index in [2.05, 4.69) is 0 Å². The molecule has 0 atom stereocenters. The van der Waals surface area contributed by atoms with Gasteiger partial charge in [0.2, 0.25) is 0 Å². The molecule has 0 aliphatic carbocycles. The molecule has 0 saturated heterocycles. The van der Waals surface area contributed by atoms with Gasteiger partial charge >= 0.3 is 104 Å². The maximum atomic E-state index is 13.3. The Morgan fingerprint density at radius 2 is 0.636 bits per heavy atom. The average molecular weight is 584 g/mol. The van der Waals surface area contributed by atoms with Crippen molar-refractivity contribution in [2.24, 2.45) is 0 Å². The van der Waals surface area contributed by atoms with E-state index in [1.807, 2.05) is 0 Å². The third kappa shape index (κ3) is 4.48. The van der Waals surface area contributed by atoms with Gasteiger partial charge in [0.15, 0.2) is 10.1 Å². The van der Waals surface area contributed by atoms with Crippen molar-refractivity contribution in [1.29, 1.82) is 0 Å². The first-order valence-corrected chi connectivity index (χ1v) is 8.01.